The highest BCUT2D eigenvalue weighted by molar-refractivity contribution is 7.99. The fourth-order valence-electron chi connectivity index (χ4n) is 5.81. The van der Waals surface area contributed by atoms with Crippen molar-refractivity contribution in [3.63, 3.8) is 0 Å². The zero-order valence-corrected chi connectivity index (χ0v) is 20.3. The highest BCUT2D eigenvalue weighted by atomic mass is 32.2. The molecule has 0 amide bonds. The SMILES string of the molecule is CC(C)c1c(-c2cnc3ncnn3c2)[nH]c2ccc(C3CCN(C4CCSCC4)CC3)cc12. The van der Waals surface area contributed by atoms with Crippen LogP contribution in [0.4, 0.5) is 0 Å². The van der Waals surface area contributed by atoms with Crippen LogP contribution in [0.5, 0.6) is 0 Å². The summed E-state index contributed by atoms with van der Waals surface area (Å²) in [5.74, 6) is 4.38. The fraction of sp³-hybridized carbons (Fsp3) is 0.500. The Morgan fingerprint density at radius 3 is 2.67 bits per heavy atom. The summed E-state index contributed by atoms with van der Waals surface area (Å²) in [6.07, 6.45) is 10.8. The van der Waals surface area contributed by atoms with E-state index in [1.165, 1.54) is 72.3 Å². The standard InChI is InChI=1S/C26H32N6S/c1-17(2)24-22-13-19(18-5-9-31(10-6-18)21-7-11-33-12-8-21)3-4-23(22)30-25(24)20-14-27-26-28-16-29-32(26)15-20/h3-4,13-18,21,30H,5-12H2,1-2H3. The first-order valence-electron chi connectivity index (χ1n) is 12.3. The molecule has 0 aliphatic carbocycles. The van der Waals surface area contributed by atoms with Crippen molar-refractivity contribution in [3.8, 4) is 11.3 Å². The average molecular weight is 461 g/mol. The lowest BCUT2D eigenvalue weighted by atomic mass is 9.87. The molecule has 0 saturated carbocycles. The van der Waals surface area contributed by atoms with E-state index in [2.05, 4.69) is 68.8 Å². The molecule has 2 fully saturated rings. The summed E-state index contributed by atoms with van der Waals surface area (Å²) in [5, 5.41) is 5.62. The number of hydrogen-bond acceptors (Lipinski definition) is 5. The number of aromatic nitrogens is 5. The van der Waals surface area contributed by atoms with Crippen molar-refractivity contribution < 1.29 is 0 Å². The molecule has 6 nitrogen and oxygen atoms in total. The van der Waals surface area contributed by atoms with E-state index in [9.17, 15) is 0 Å². The lowest BCUT2D eigenvalue weighted by Gasteiger charge is -2.39. The number of fused-ring (bicyclic) bond motifs is 2. The van der Waals surface area contributed by atoms with Crippen LogP contribution < -0.4 is 0 Å². The molecule has 4 aromatic rings. The zero-order valence-electron chi connectivity index (χ0n) is 19.5. The number of benzene rings is 1. The second-order valence-corrected chi connectivity index (χ2v) is 11.1. The molecule has 0 atom stereocenters. The molecule has 6 rings (SSSR count). The van der Waals surface area contributed by atoms with Gasteiger partial charge >= 0.3 is 0 Å². The van der Waals surface area contributed by atoms with Gasteiger partial charge in [-0.2, -0.15) is 21.8 Å². The van der Waals surface area contributed by atoms with Crippen LogP contribution in [0.15, 0.2) is 36.9 Å². The molecular formula is C26H32N6S. The molecule has 3 aromatic heterocycles. The monoisotopic (exact) mass is 460 g/mol. The third kappa shape index (κ3) is 3.95. The Kier molecular flexibility index (Phi) is 5.62. The highest BCUT2D eigenvalue weighted by Crippen LogP contribution is 2.38. The molecule has 2 aliphatic heterocycles. The van der Waals surface area contributed by atoms with Crippen LogP contribution >= 0.6 is 11.8 Å². The molecular weight excluding hydrogens is 428 g/mol. The van der Waals surface area contributed by atoms with Crippen molar-refractivity contribution in [2.24, 2.45) is 0 Å². The quantitative estimate of drug-likeness (QED) is 0.437. The van der Waals surface area contributed by atoms with Crippen molar-refractivity contribution in [2.45, 2.75) is 57.4 Å². The first kappa shape index (κ1) is 21.2. The second kappa shape index (κ2) is 8.76. The zero-order chi connectivity index (χ0) is 22.4. The van der Waals surface area contributed by atoms with Gasteiger partial charge in [-0.05, 0) is 85.4 Å². The summed E-state index contributed by atoms with van der Waals surface area (Å²) < 4.78 is 1.75. The van der Waals surface area contributed by atoms with Crippen molar-refractivity contribution in [3.05, 3.63) is 48.0 Å². The van der Waals surface area contributed by atoms with E-state index in [-0.39, 0.29) is 0 Å². The number of H-pyrrole nitrogens is 1. The molecule has 0 bridgehead atoms. The number of piperidine rings is 1. The largest absolute Gasteiger partial charge is 0.354 e. The summed E-state index contributed by atoms with van der Waals surface area (Å²) in [7, 11) is 0. The van der Waals surface area contributed by atoms with Crippen LogP contribution in [0.3, 0.4) is 0 Å². The van der Waals surface area contributed by atoms with Gasteiger partial charge in [0, 0.05) is 34.9 Å². The molecule has 172 valence electrons. The smallest absolute Gasteiger partial charge is 0.252 e. The molecule has 1 aromatic carbocycles. The van der Waals surface area contributed by atoms with E-state index in [1.807, 2.05) is 12.4 Å². The van der Waals surface area contributed by atoms with Crippen LogP contribution in [-0.2, 0) is 0 Å². The maximum absolute atomic E-state index is 4.49. The number of rotatable bonds is 4. The van der Waals surface area contributed by atoms with Gasteiger partial charge in [-0.25, -0.2) is 9.50 Å². The predicted molar refractivity (Wildman–Crippen MR) is 136 cm³/mol. The maximum Gasteiger partial charge on any atom is 0.252 e. The molecule has 2 aliphatic rings. The van der Waals surface area contributed by atoms with Gasteiger partial charge in [0.05, 0.1) is 5.69 Å². The van der Waals surface area contributed by atoms with Crippen LogP contribution in [0.2, 0.25) is 0 Å². The minimum absolute atomic E-state index is 0.404. The van der Waals surface area contributed by atoms with E-state index < -0.39 is 0 Å². The topological polar surface area (TPSA) is 62.1 Å². The van der Waals surface area contributed by atoms with Gasteiger partial charge in [0.25, 0.3) is 5.78 Å². The Morgan fingerprint density at radius 1 is 1.06 bits per heavy atom. The van der Waals surface area contributed by atoms with Gasteiger partial charge in [-0.1, -0.05) is 19.9 Å². The highest BCUT2D eigenvalue weighted by Gasteiger charge is 2.27. The summed E-state index contributed by atoms with van der Waals surface area (Å²) in [4.78, 5) is 15.1. The molecule has 0 unspecified atom stereocenters. The molecule has 5 heterocycles. The Morgan fingerprint density at radius 2 is 1.88 bits per heavy atom. The van der Waals surface area contributed by atoms with Crippen LogP contribution in [-0.4, -0.2) is 60.1 Å². The first-order valence-corrected chi connectivity index (χ1v) is 13.5. The van der Waals surface area contributed by atoms with E-state index in [1.54, 1.807) is 10.8 Å². The molecule has 2 saturated heterocycles. The summed E-state index contributed by atoms with van der Waals surface area (Å²) >= 11 is 2.12. The number of nitrogens with one attached hydrogen (secondary N) is 1. The molecule has 0 radical (unpaired) electrons. The summed E-state index contributed by atoms with van der Waals surface area (Å²) in [6, 6.07) is 7.92. The molecule has 0 spiro atoms. The fourth-order valence-corrected chi connectivity index (χ4v) is 6.89. The molecule has 33 heavy (non-hydrogen) atoms. The van der Waals surface area contributed by atoms with Gasteiger partial charge in [0.2, 0.25) is 0 Å². The van der Waals surface area contributed by atoms with Crippen molar-refractivity contribution in [1.29, 1.82) is 0 Å². The summed E-state index contributed by atoms with van der Waals surface area (Å²) in [6.45, 7) is 7.05. The normalized spacial score (nSPS) is 19.2. The second-order valence-electron chi connectivity index (χ2n) is 9.87. The minimum atomic E-state index is 0.404. The van der Waals surface area contributed by atoms with Crippen LogP contribution in [0.1, 0.15) is 62.5 Å². The molecule has 7 heteroatoms. The summed E-state index contributed by atoms with van der Waals surface area (Å²) in [5.41, 5.74) is 6.26. The Balaban J connectivity index is 1.30. The Bertz CT molecular complexity index is 1260. The van der Waals surface area contributed by atoms with Gasteiger partial charge < -0.3 is 9.88 Å². The lowest BCUT2D eigenvalue weighted by molar-refractivity contribution is 0.144. The van der Waals surface area contributed by atoms with Gasteiger partial charge in [-0.3, -0.25) is 0 Å². The average Bonchev–Trinajstić information content (AvgIpc) is 3.48. The Labute approximate surface area is 199 Å². The van der Waals surface area contributed by atoms with Crippen molar-refractivity contribution in [1.82, 2.24) is 29.5 Å². The number of likely N-dealkylation sites (tertiary alicyclic amines) is 1. The number of thioether (sulfide) groups is 1. The third-order valence-electron chi connectivity index (χ3n) is 7.57. The predicted octanol–water partition coefficient (Wildman–Crippen LogP) is 5.47. The third-order valence-corrected chi connectivity index (χ3v) is 8.62. The lowest BCUT2D eigenvalue weighted by Crippen LogP contribution is -2.42. The first-order chi connectivity index (χ1) is 16.2. The van der Waals surface area contributed by atoms with Crippen LogP contribution in [0, 0.1) is 0 Å². The maximum atomic E-state index is 4.49. The van der Waals surface area contributed by atoms with Crippen molar-refractivity contribution >= 4 is 28.4 Å². The van der Waals surface area contributed by atoms with Gasteiger partial charge in [0.15, 0.2) is 0 Å². The number of hydrogen-bond donors (Lipinski definition) is 1. The number of nitrogens with zero attached hydrogens (tertiary/aromatic N) is 5. The Hall–Kier alpha value is -2.38. The van der Waals surface area contributed by atoms with E-state index in [4.69, 9.17) is 0 Å². The van der Waals surface area contributed by atoms with E-state index in [0.717, 1.165) is 17.3 Å². The minimum Gasteiger partial charge on any atom is -0.354 e. The van der Waals surface area contributed by atoms with E-state index in [0.29, 0.717) is 17.6 Å². The number of aromatic amines is 1. The van der Waals surface area contributed by atoms with E-state index >= 15 is 0 Å². The van der Waals surface area contributed by atoms with Crippen LogP contribution in [0.25, 0.3) is 27.9 Å². The van der Waals surface area contributed by atoms with Gasteiger partial charge in [-0.15, -0.1) is 0 Å². The van der Waals surface area contributed by atoms with Gasteiger partial charge in [0.1, 0.15) is 6.33 Å². The molecule has 1 N–H and O–H groups in total. The van der Waals surface area contributed by atoms with Crippen molar-refractivity contribution in [2.75, 3.05) is 24.6 Å².